The summed E-state index contributed by atoms with van der Waals surface area (Å²) >= 11 is 0. The molecule has 0 amide bonds. The lowest BCUT2D eigenvalue weighted by molar-refractivity contribution is 0.450. The van der Waals surface area contributed by atoms with Gasteiger partial charge in [0.25, 0.3) is 0 Å². The lowest BCUT2D eigenvalue weighted by atomic mass is 10.2. The number of anilines is 2. The summed E-state index contributed by atoms with van der Waals surface area (Å²) in [6.07, 6.45) is 7.63. The number of aromatic hydroxyl groups is 1. The number of hydrogen-bond acceptors (Lipinski definition) is 8. The average molecular weight is 393 g/mol. The van der Waals surface area contributed by atoms with E-state index in [1.165, 1.54) is 0 Å². The van der Waals surface area contributed by atoms with Gasteiger partial charge in [-0.3, -0.25) is 9.97 Å². The second kappa shape index (κ2) is 6.93. The Morgan fingerprint density at radius 3 is 2.86 bits per heavy atom. The highest BCUT2D eigenvalue weighted by Crippen LogP contribution is 2.26. The first-order valence-electron chi connectivity index (χ1n) is 9.30. The highest BCUT2D eigenvalue weighted by atomic mass is 16.3. The van der Waals surface area contributed by atoms with E-state index in [1.807, 2.05) is 12.1 Å². The van der Waals surface area contributed by atoms with Crippen molar-refractivity contribution >= 4 is 17.5 Å². The third-order valence-electron chi connectivity index (χ3n) is 4.67. The van der Waals surface area contributed by atoms with Crippen LogP contribution >= 0.6 is 0 Å². The molecular formula is C18H19N9O2. The van der Waals surface area contributed by atoms with E-state index in [9.17, 15) is 9.90 Å². The maximum absolute atomic E-state index is 11.4. The SMILES string of the molecule is O=c1[nH]c(O)c(Cc2cnn3c(NC4CC4)nc(NCc4cccnc4)nc23)[nH]1. The van der Waals surface area contributed by atoms with Gasteiger partial charge >= 0.3 is 5.69 Å². The lowest BCUT2D eigenvalue weighted by Crippen LogP contribution is -2.13. The van der Waals surface area contributed by atoms with Crippen LogP contribution in [0.25, 0.3) is 5.65 Å². The molecule has 5 rings (SSSR count). The predicted octanol–water partition coefficient (Wildman–Crippen LogP) is 1.02. The molecule has 0 aliphatic heterocycles. The Labute approximate surface area is 164 Å². The molecular weight excluding hydrogens is 374 g/mol. The molecule has 0 aromatic carbocycles. The standard InChI is InChI=1S/C18H19N9O2/c28-15-13(23-18(29)25-15)6-11-9-21-27-14(11)24-16(26-17(27)22-12-3-4-12)20-8-10-2-1-5-19-7-10/h1-2,5,7,9,12,28H,3-4,6,8H2,(H2,23,25,29)(H2,20,22,24,26). The molecule has 0 spiro atoms. The Morgan fingerprint density at radius 2 is 2.14 bits per heavy atom. The second-order valence-corrected chi connectivity index (χ2v) is 6.99. The van der Waals surface area contributed by atoms with E-state index in [0.717, 1.165) is 24.0 Å². The number of nitrogens with zero attached hydrogens (tertiary/aromatic N) is 5. The van der Waals surface area contributed by atoms with E-state index in [-0.39, 0.29) is 12.3 Å². The topological polar surface area (TPSA) is 149 Å². The normalized spacial score (nSPS) is 13.7. The quantitative estimate of drug-likeness (QED) is 0.312. The van der Waals surface area contributed by atoms with E-state index in [0.29, 0.717) is 35.8 Å². The van der Waals surface area contributed by atoms with E-state index in [4.69, 9.17) is 0 Å². The Morgan fingerprint density at radius 1 is 1.24 bits per heavy atom. The maximum atomic E-state index is 11.4. The monoisotopic (exact) mass is 393 g/mol. The molecule has 4 heterocycles. The lowest BCUT2D eigenvalue weighted by Gasteiger charge is -2.10. The van der Waals surface area contributed by atoms with Gasteiger partial charge in [0, 0.05) is 37.0 Å². The minimum Gasteiger partial charge on any atom is -0.493 e. The second-order valence-electron chi connectivity index (χ2n) is 6.99. The fourth-order valence-electron chi connectivity index (χ4n) is 3.04. The number of fused-ring (bicyclic) bond motifs is 1. The van der Waals surface area contributed by atoms with Gasteiger partial charge in [0.15, 0.2) is 5.65 Å². The fraction of sp³-hybridized carbons (Fsp3) is 0.278. The van der Waals surface area contributed by atoms with Gasteiger partial charge in [-0.2, -0.15) is 19.6 Å². The van der Waals surface area contributed by atoms with Crippen LogP contribution < -0.4 is 16.3 Å². The molecule has 1 fully saturated rings. The number of H-pyrrole nitrogens is 2. The van der Waals surface area contributed by atoms with Gasteiger partial charge in [-0.1, -0.05) is 6.07 Å². The van der Waals surface area contributed by atoms with Gasteiger partial charge in [-0.15, -0.1) is 0 Å². The van der Waals surface area contributed by atoms with E-state index in [1.54, 1.807) is 23.1 Å². The average Bonchev–Trinajstić information content (AvgIpc) is 3.36. The molecule has 0 atom stereocenters. The van der Waals surface area contributed by atoms with Crippen molar-refractivity contribution in [1.82, 2.24) is 34.5 Å². The van der Waals surface area contributed by atoms with Gasteiger partial charge < -0.3 is 20.7 Å². The zero-order chi connectivity index (χ0) is 19.8. The van der Waals surface area contributed by atoms with Gasteiger partial charge in [0.1, 0.15) is 0 Å². The minimum atomic E-state index is -0.460. The Kier molecular flexibility index (Phi) is 4.12. The van der Waals surface area contributed by atoms with E-state index >= 15 is 0 Å². The molecule has 0 unspecified atom stereocenters. The number of pyridine rings is 1. The van der Waals surface area contributed by atoms with Gasteiger partial charge in [0.2, 0.25) is 17.8 Å². The zero-order valence-corrected chi connectivity index (χ0v) is 15.4. The fourth-order valence-corrected chi connectivity index (χ4v) is 3.04. The maximum Gasteiger partial charge on any atom is 0.325 e. The predicted molar refractivity (Wildman–Crippen MR) is 105 cm³/mol. The Bertz CT molecular complexity index is 1210. The Balaban J connectivity index is 1.49. The summed E-state index contributed by atoms with van der Waals surface area (Å²) in [4.78, 5) is 29.6. The van der Waals surface area contributed by atoms with Crippen LogP contribution in [0.5, 0.6) is 5.88 Å². The largest absolute Gasteiger partial charge is 0.493 e. The highest BCUT2D eigenvalue weighted by molar-refractivity contribution is 5.56. The number of nitrogens with one attached hydrogen (secondary N) is 4. The van der Waals surface area contributed by atoms with Crippen LogP contribution in [0.3, 0.4) is 0 Å². The molecule has 11 heteroatoms. The van der Waals surface area contributed by atoms with Crippen molar-refractivity contribution in [3.8, 4) is 5.88 Å². The van der Waals surface area contributed by atoms with Crippen molar-refractivity contribution in [3.63, 3.8) is 0 Å². The summed E-state index contributed by atoms with van der Waals surface area (Å²) in [5.74, 6) is 0.872. The van der Waals surface area contributed by atoms with Crippen molar-refractivity contribution in [2.24, 2.45) is 0 Å². The summed E-state index contributed by atoms with van der Waals surface area (Å²) in [5.41, 5.74) is 2.28. The van der Waals surface area contributed by atoms with Crippen molar-refractivity contribution in [2.75, 3.05) is 10.6 Å². The first-order valence-corrected chi connectivity index (χ1v) is 9.30. The molecule has 0 bridgehead atoms. The molecule has 5 N–H and O–H groups in total. The molecule has 4 aromatic rings. The van der Waals surface area contributed by atoms with E-state index < -0.39 is 5.69 Å². The summed E-state index contributed by atoms with van der Waals surface area (Å²) < 4.78 is 1.64. The third-order valence-corrected chi connectivity index (χ3v) is 4.67. The van der Waals surface area contributed by atoms with Crippen LogP contribution in [-0.2, 0) is 13.0 Å². The van der Waals surface area contributed by atoms with Gasteiger partial charge in [-0.05, 0) is 24.5 Å². The van der Waals surface area contributed by atoms with Crippen LogP contribution in [0.1, 0.15) is 29.7 Å². The van der Waals surface area contributed by atoms with Gasteiger partial charge in [0.05, 0.1) is 11.9 Å². The number of aromatic amines is 2. The molecule has 1 aliphatic rings. The molecule has 0 saturated heterocycles. The van der Waals surface area contributed by atoms with Crippen molar-refractivity contribution in [1.29, 1.82) is 0 Å². The first-order chi connectivity index (χ1) is 14.2. The smallest absolute Gasteiger partial charge is 0.325 e. The Hall–Kier alpha value is -3.89. The molecule has 1 saturated carbocycles. The van der Waals surface area contributed by atoms with Crippen molar-refractivity contribution < 1.29 is 5.11 Å². The van der Waals surface area contributed by atoms with Crippen LogP contribution in [0.4, 0.5) is 11.9 Å². The number of imidazole rings is 1. The summed E-state index contributed by atoms with van der Waals surface area (Å²) in [6.45, 7) is 0.530. The van der Waals surface area contributed by atoms with E-state index in [2.05, 4.69) is 40.7 Å². The van der Waals surface area contributed by atoms with Crippen LogP contribution in [0, 0.1) is 0 Å². The first kappa shape index (κ1) is 17.2. The molecule has 29 heavy (non-hydrogen) atoms. The third kappa shape index (κ3) is 3.61. The van der Waals surface area contributed by atoms with Gasteiger partial charge in [-0.25, -0.2) is 4.79 Å². The number of hydrogen-bond donors (Lipinski definition) is 5. The summed E-state index contributed by atoms with van der Waals surface area (Å²) in [7, 11) is 0. The zero-order valence-electron chi connectivity index (χ0n) is 15.4. The van der Waals surface area contributed by atoms with Crippen molar-refractivity contribution in [2.45, 2.75) is 31.8 Å². The van der Waals surface area contributed by atoms with Crippen LogP contribution in [0.15, 0.2) is 35.5 Å². The molecule has 11 nitrogen and oxygen atoms in total. The molecule has 0 radical (unpaired) electrons. The molecule has 1 aliphatic carbocycles. The van der Waals surface area contributed by atoms with Crippen LogP contribution in [-0.4, -0.2) is 45.7 Å². The number of aromatic nitrogens is 7. The molecule has 148 valence electrons. The summed E-state index contributed by atoms with van der Waals surface area (Å²) in [6, 6.07) is 4.23. The van der Waals surface area contributed by atoms with Crippen molar-refractivity contribution in [3.05, 3.63) is 58.0 Å². The minimum absolute atomic E-state index is 0.185. The highest BCUT2D eigenvalue weighted by Gasteiger charge is 2.24. The van der Waals surface area contributed by atoms with Crippen LogP contribution in [0.2, 0.25) is 0 Å². The number of rotatable bonds is 7. The molecule has 4 aromatic heterocycles. The summed E-state index contributed by atoms with van der Waals surface area (Å²) in [5, 5.41) is 20.9.